The lowest BCUT2D eigenvalue weighted by Crippen LogP contribution is -2.50. The lowest BCUT2D eigenvalue weighted by Gasteiger charge is -2.31. The average molecular weight is 496 g/mol. The molecule has 2 heterocycles. The number of likely N-dealkylation sites (tertiary alicyclic amines) is 1. The van der Waals surface area contributed by atoms with Crippen LogP contribution in [0, 0.1) is 17.6 Å². The Labute approximate surface area is 209 Å². The predicted octanol–water partition coefficient (Wildman–Crippen LogP) is 4.53. The predicted molar refractivity (Wildman–Crippen MR) is 132 cm³/mol. The van der Waals surface area contributed by atoms with Gasteiger partial charge in [-0.25, -0.2) is 13.6 Å². The van der Waals surface area contributed by atoms with Gasteiger partial charge in [0.15, 0.2) is 0 Å². The van der Waals surface area contributed by atoms with Gasteiger partial charge in [0.1, 0.15) is 23.8 Å². The summed E-state index contributed by atoms with van der Waals surface area (Å²) in [4.78, 5) is 30.4. The Morgan fingerprint density at radius 2 is 1.75 bits per heavy atom. The minimum atomic E-state index is -0.722. The van der Waals surface area contributed by atoms with E-state index in [2.05, 4.69) is 10.2 Å². The molecule has 2 amide bonds. The molecule has 2 fully saturated rings. The topological polar surface area (TPSA) is 61.9 Å². The molecule has 1 aliphatic carbocycles. The second-order valence-corrected chi connectivity index (χ2v) is 10.0. The van der Waals surface area contributed by atoms with E-state index in [9.17, 15) is 18.4 Å². The van der Waals surface area contributed by atoms with Crippen molar-refractivity contribution in [3.8, 4) is 0 Å². The van der Waals surface area contributed by atoms with Crippen molar-refractivity contribution in [3.63, 3.8) is 0 Å². The van der Waals surface area contributed by atoms with Crippen LogP contribution in [0.3, 0.4) is 0 Å². The molecule has 5 rings (SSSR count). The molecule has 190 valence electrons. The third-order valence-corrected chi connectivity index (χ3v) is 7.31. The van der Waals surface area contributed by atoms with Crippen LogP contribution < -0.4 is 5.32 Å². The normalized spacial score (nSPS) is 21.7. The van der Waals surface area contributed by atoms with Gasteiger partial charge < -0.3 is 19.9 Å². The van der Waals surface area contributed by atoms with E-state index in [0.717, 1.165) is 62.5 Å². The summed E-state index contributed by atoms with van der Waals surface area (Å²) >= 11 is 0. The van der Waals surface area contributed by atoms with Crippen molar-refractivity contribution in [1.29, 1.82) is 0 Å². The third kappa shape index (κ3) is 5.43. The first-order valence-corrected chi connectivity index (χ1v) is 12.6. The van der Waals surface area contributed by atoms with Crippen LogP contribution in [0.1, 0.15) is 42.9 Å². The Hall–Kier alpha value is -3.26. The summed E-state index contributed by atoms with van der Waals surface area (Å²) in [7, 11) is 2.04. The lowest BCUT2D eigenvalue weighted by molar-refractivity contribution is -0.134. The molecule has 2 atom stereocenters. The average Bonchev–Trinajstić information content (AvgIpc) is 3.63. The number of alkyl carbamates (subject to hydrolysis) is 1. The Bertz CT molecular complexity index is 1140. The van der Waals surface area contributed by atoms with Gasteiger partial charge in [-0.1, -0.05) is 36.4 Å². The highest BCUT2D eigenvalue weighted by Crippen LogP contribution is 2.39. The molecule has 0 bridgehead atoms. The van der Waals surface area contributed by atoms with E-state index < -0.39 is 29.8 Å². The Morgan fingerprint density at radius 3 is 2.44 bits per heavy atom. The van der Waals surface area contributed by atoms with Gasteiger partial charge in [-0.3, -0.25) is 4.79 Å². The molecule has 3 aliphatic rings. The molecule has 8 heteroatoms. The fraction of sp³-hybridized carbons (Fsp3) is 0.429. The number of nitrogens with one attached hydrogen (secondary N) is 1. The SMILES string of the molecule is CN1CCC(OC(=O)N[C@H](C(=O)N2CC(c3cc(F)ccc3F)=C[C@H]2c2ccccc2)C2CC2)CC1. The zero-order valence-electron chi connectivity index (χ0n) is 20.3. The summed E-state index contributed by atoms with van der Waals surface area (Å²) in [6.07, 6.45) is 4.28. The Morgan fingerprint density at radius 1 is 1.03 bits per heavy atom. The van der Waals surface area contributed by atoms with Crippen LogP contribution in [0.2, 0.25) is 0 Å². The minimum absolute atomic E-state index is 0.0360. The van der Waals surface area contributed by atoms with Gasteiger partial charge in [-0.05, 0) is 68.0 Å². The Balaban J connectivity index is 1.36. The van der Waals surface area contributed by atoms with Gasteiger partial charge in [0.2, 0.25) is 5.91 Å². The summed E-state index contributed by atoms with van der Waals surface area (Å²) < 4.78 is 34.2. The van der Waals surface area contributed by atoms with E-state index in [0.29, 0.717) is 5.57 Å². The second kappa shape index (κ2) is 10.4. The lowest BCUT2D eigenvalue weighted by atomic mass is 10.0. The molecule has 2 aromatic rings. The fourth-order valence-electron chi connectivity index (χ4n) is 5.08. The fourth-order valence-corrected chi connectivity index (χ4v) is 5.08. The van der Waals surface area contributed by atoms with Crippen LogP contribution in [0.15, 0.2) is 54.6 Å². The van der Waals surface area contributed by atoms with Gasteiger partial charge in [-0.15, -0.1) is 0 Å². The number of hydrogen-bond donors (Lipinski definition) is 1. The number of halogens is 2. The number of ether oxygens (including phenoxy) is 1. The third-order valence-electron chi connectivity index (χ3n) is 7.31. The quantitative estimate of drug-likeness (QED) is 0.640. The minimum Gasteiger partial charge on any atom is -0.446 e. The number of carbonyl (C=O) groups excluding carboxylic acids is 2. The van der Waals surface area contributed by atoms with Crippen molar-refractivity contribution in [2.24, 2.45) is 5.92 Å². The first kappa shape index (κ1) is 24.4. The van der Waals surface area contributed by atoms with E-state index >= 15 is 0 Å². The van der Waals surface area contributed by atoms with Crippen molar-refractivity contribution in [2.45, 2.75) is 43.9 Å². The van der Waals surface area contributed by atoms with E-state index in [1.165, 1.54) is 0 Å². The molecular weight excluding hydrogens is 464 g/mol. The maximum atomic E-state index is 14.6. The summed E-state index contributed by atoms with van der Waals surface area (Å²) in [6, 6.07) is 11.6. The number of amides is 2. The second-order valence-electron chi connectivity index (χ2n) is 10.0. The van der Waals surface area contributed by atoms with Crippen molar-refractivity contribution in [1.82, 2.24) is 15.1 Å². The number of rotatable bonds is 6. The molecule has 0 radical (unpaired) electrons. The van der Waals surface area contributed by atoms with Gasteiger partial charge in [0, 0.05) is 25.2 Å². The van der Waals surface area contributed by atoms with E-state index in [-0.39, 0.29) is 30.0 Å². The molecule has 0 aromatic heterocycles. The molecule has 2 aliphatic heterocycles. The van der Waals surface area contributed by atoms with Crippen molar-refractivity contribution < 1.29 is 23.1 Å². The smallest absolute Gasteiger partial charge is 0.408 e. The maximum Gasteiger partial charge on any atom is 0.408 e. The van der Waals surface area contributed by atoms with E-state index in [1.54, 1.807) is 4.90 Å². The van der Waals surface area contributed by atoms with E-state index in [1.807, 2.05) is 43.5 Å². The molecule has 1 saturated heterocycles. The van der Waals surface area contributed by atoms with Gasteiger partial charge >= 0.3 is 6.09 Å². The molecule has 0 unspecified atom stereocenters. The maximum absolute atomic E-state index is 14.6. The van der Waals surface area contributed by atoms with Gasteiger partial charge in [0.05, 0.1) is 6.04 Å². The molecular formula is C28H31F2N3O3. The molecule has 2 aromatic carbocycles. The first-order valence-electron chi connectivity index (χ1n) is 12.6. The van der Waals surface area contributed by atoms with Crippen LogP contribution in [-0.4, -0.2) is 60.6 Å². The number of carbonyl (C=O) groups is 2. The zero-order chi connectivity index (χ0) is 25.2. The molecule has 6 nitrogen and oxygen atoms in total. The van der Waals surface area contributed by atoms with Gasteiger partial charge in [-0.2, -0.15) is 0 Å². The van der Waals surface area contributed by atoms with Crippen molar-refractivity contribution in [2.75, 3.05) is 26.7 Å². The number of piperidine rings is 1. The summed E-state index contributed by atoms with van der Waals surface area (Å²) in [6.45, 7) is 1.84. The highest BCUT2D eigenvalue weighted by Gasteiger charge is 2.43. The summed E-state index contributed by atoms with van der Waals surface area (Å²) in [5, 5.41) is 2.84. The zero-order valence-corrected chi connectivity index (χ0v) is 20.3. The van der Waals surface area contributed by atoms with Crippen LogP contribution in [-0.2, 0) is 9.53 Å². The number of hydrogen-bond acceptors (Lipinski definition) is 4. The highest BCUT2D eigenvalue weighted by atomic mass is 19.1. The molecule has 0 spiro atoms. The molecule has 36 heavy (non-hydrogen) atoms. The first-order chi connectivity index (χ1) is 17.4. The van der Waals surface area contributed by atoms with Crippen LogP contribution in [0.25, 0.3) is 5.57 Å². The number of nitrogens with zero attached hydrogens (tertiary/aromatic N) is 2. The summed E-state index contributed by atoms with van der Waals surface area (Å²) in [5.74, 6) is -1.28. The Kier molecular flexibility index (Phi) is 7.05. The number of benzene rings is 2. The standard InChI is InChI=1S/C28H31F2N3O3/c1-32-13-11-22(12-14-32)36-28(35)31-26(19-7-8-19)27(34)33-17-20(23-16-21(29)9-10-24(23)30)15-25(33)18-5-3-2-4-6-18/h2-6,9-10,15-16,19,22,25-26H,7-8,11-14,17H2,1H3,(H,31,35)/t25-,26-/m0/s1. The van der Waals surface area contributed by atoms with Crippen LogP contribution in [0.5, 0.6) is 0 Å². The monoisotopic (exact) mass is 495 g/mol. The highest BCUT2D eigenvalue weighted by molar-refractivity contribution is 5.90. The van der Waals surface area contributed by atoms with Crippen molar-refractivity contribution >= 4 is 17.6 Å². The molecule has 1 saturated carbocycles. The largest absolute Gasteiger partial charge is 0.446 e. The van der Waals surface area contributed by atoms with Crippen LogP contribution in [0.4, 0.5) is 13.6 Å². The van der Waals surface area contributed by atoms with Gasteiger partial charge in [0.25, 0.3) is 0 Å². The summed E-state index contributed by atoms with van der Waals surface area (Å²) in [5.41, 5.74) is 1.54. The van der Waals surface area contributed by atoms with Crippen molar-refractivity contribution in [3.05, 3.63) is 77.4 Å². The van der Waals surface area contributed by atoms with Crippen LogP contribution >= 0.6 is 0 Å². The van der Waals surface area contributed by atoms with E-state index in [4.69, 9.17) is 4.74 Å². The molecule has 1 N–H and O–H groups in total.